The molecule has 0 aliphatic carbocycles. The van der Waals surface area contributed by atoms with E-state index in [1.807, 2.05) is 52.0 Å². The summed E-state index contributed by atoms with van der Waals surface area (Å²) in [6.45, 7) is 12.1. The van der Waals surface area contributed by atoms with Crippen LogP contribution in [-0.4, -0.2) is 69.1 Å². The van der Waals surface area contributed by atoms with Crippen LogP contribution in [-0.2, 0) is 14.1 Å². The van der Waals surface area contributed by atoms with Crippen LogP contribution < -0.4 is 10.2 Å². The van der Waals surface area contributed by atoms with Crippen LogP contribution in [0.4, 0.5) is 0 Å². The molecule has 1 aromatic carbocycles. The summed E-state index contributed by atoms with van der Waals surface area (Å²) in [4.78, 5) is 2.53. The minimum Gasteiger partial charge on any atom is -0.490 e. The number of nitrogens with zero attached hydrogens (tertiary/aromatic N) is 1. The molecule has 2 aliphatic heterocycles. The van der Waals surface area contributed by atoms with Gasteiger partial charge in [0.25, 0.3) is 0 Å². The van der Waals surface area contributed by atoms with Crippen molar-refractivity contribution in [2.75, 3.05) is 33.4 Å². The van der Waals surface area contributed by atoms with Crippen molar-refractivity contribution in [1.29, 1.82) is 0 Å². The first-order chi connectivity index (χ1) is 12.8. The summed E-state index contributed by atoms with van der Waals surface area (Å²) in [5, 5.41) is 0. The molecule has 27 heavy (non-hydrogen) atoms. The molecule has 5 nitrogen and oxygen atoms in total. The predicted molar refractivity (Wildman–Crippen MR) is 108 cm³/mol. The summed E-state index contributed by atoms with van der Waals surface area (Å²) < 4.78 is 23.0. The second-order valence-electron chi connectivity index (χ2n) is 8.57. The number of rotatable bonds is 8. The van der Waals surface area contributed by atoms with E-state index < -0.39 is 5.60 Å². The summed E-state index contributed by atoms with van der Waals surface area (Å²) >= 11 is 0. The molecule has 149 valence electrons. The lowest BCUT2D eigenvalue weighted by molar-refractivity contribution is -0.114. The van der Waals surface area contributed by atoms with Crippen molar-refractivity contribution in [1.82, 2.24) is 4.90 Å². The average molecular weight is 374 g/mol. The van der Waals surface area contributed by atoms with Gasteiger partial charge < -0.3 is 18.9 Å². The molecule has 0 unspecified atom stereocenters. The number of benzene rings is 1. The SMILES string of the molecule is COC(C)(C)C(C)(C)O[B]c1ccc(OC2CCN(C3COC3)CC2)cc1. The van der Waals surface area contributed by atoms with Gasteiger partial charge in [-0.2, -0.15) is 0 Å². The van der Waals surface area contributed by atoms with Gasteiger partial charge in [0.05, 0.1) is 30.5 Å². The molecule has 1 aromatic rings. The maximum atomic E-state index is 6.17. The van der Waals surface area contributed by atoms with E-state index in [2.05, 4.69) is 4.90 Å². The average Bonchev–Trinajstić information content (AvgIpc) is 2.61. The monoisotopic (exact) mass is 374 g/mol. The standard InChI is InChI=1S/C21H33BNO4/c1-20(2,24-5)21(3,4)27-22-16-6-8-18(9-7-16)26-19-10-12-23(13-11-19)17-14-25-15-17/h6-9,17,19H,10-15H2,1-5H3. The van der Waals surface area contributed by atoms with Gasteiger partial charge in [0, 0.05) is 20.2 Å². The number of ether oxygens (including phenoxy) is 3. The third-order valence-electron chi connectivity index (χ3n) is 6.25. The fourth-order valence-corrected chi connectivity index (χ4v) is 3.21. The molecule has 0 N–H and O–H groups in total. The summed E-state index contributed by atoms with van der Waals surface area (Å²) in [5.74, 6) is 0.925. The Labute approximate surface area is 164 Å². The first-order valence-electron chi connectivity index (χ1n) is 9.95. The Morgan fingerprint density at radius 2 is 1.63 bits per heavy atom. The maximum Gasteiger partial charge on any atom is 0.330 e. The Bertz CT molecular complexity index is 593. The molecule has 2 aliphatic rings. The van der Waals surface area contributed by atoms with E-state index in [9.17, 15) is 0 Å². The fraction of sp³-hybridized carbons (Fsp3) is 0.714. The topological polar surface area (TPSA) is 40.2 Å². The normalized spacial score (nSPS) is 20.3. The van der Waals surface area contributed by atoms with Gasteiger partial charge in [0.15, 0.2) is 0 Å². The van der Waals surface area contributed by atoms with Crippen LogP contribution in [0.25, 0.3) is 0 Å². The third kappa shape index (κ3) is 5.05. The zero-order valence-electron chi connectivity index (χ0n) is 17.4. The van der Waals surface area contributed by atoms with Gasteiger partial charge >= 0.3 is 7.48 Å². The van der Waals surface area contributed by atoms with Crippen molar-refractivity contribution >= 4 is 12.9 Å². The highest BCUT2D eigenvalue weighted by Gasteiger charge is 2.38. The molecule has 1 radical (unpaired) electrons. The van der Waals surface area contributed by atoms with Gasteiger partial charge in [0.2, 0.25) is 0 Å². The molecule has 0 bridgehead atoms. The Hall–Kier alpha value is -1.08. The number of methoxy groups -OCH3 is 1. The summed E-state index contributed by atoms with van der Waals surface area (Å²) in [6, 6.07) is 8.75. The smallest absolute Gasteiger partial charge is 0.330 e. The van der Waals surface area contributed by atoms with Crippen molar-refractivity contribution in [2.24, 2.45) is 0 Å². The number of piperidine rings is 1. The molecule has 2 saturated heterocycles. The van der Waals surface area contributed by atoms with E-state index >= 15 is 0 Å². The summed E-state index contributed by atoms with van der Waals surface area (Å²) in [7, 11) is 3.51. The van der Waals surface area contributed by atoms with Crippen LogP contribution >= 0.6 is 0 Å². The lowest BCUT2D eigenvalue weighted by atomic mass is 9.82. The first kappa shape index (κ1) is 20.7. The van der Waals surface area contributed by atoms with Crippen molar-refractivity contribution in [2.45, 2.75) is 63.9 Å². The van der Waals surface area contributed by atoms with Crippen LogP contribution in [0, 0.1) is 0 Å². The van der Waals surface area contributed by atoms with Crippen molar-refractivity contribution in [3.63, 3.8) is 0 Å². The number of hydrogen-bond acceptors (Lipinski definition) is 5. The van der Waals surface area contributed by atoms with E-state index in [1.165, 1.54) is 0 Å². The largest absolute Gasteiger partial charge is 0.490 e. The minimum atomic E-state index is -0.434. The van der Waals surface area contributed by atoms with Gasteiger partial charge in [-0.05, 0) is 52.7 Å². The zero-order valence-corrected chi connectivity index (χ0v) is 17.4. The van der Waals surface area contributed by atoms with E-state index in [-0.39, 0.29) is 5.60 Å². The first-order valence-corrected chi connectivity index (χ1v) is 9.95. The molecule has 2 heterocycles. The molecular weight excluding hydrogens is 341 g/mol. The Balaban J connectivity index is 1.45. The van der Waals surface area contributed by atoms with Crippen LogP contribution in [0.1, 0.15) is 40.5 Å². The minimum absolute atomic E-state index is 0.301. The molecule has 0 saturated carbocycles. The Morgan fingerprint density at radius 3 is 2.15 bits per heavy atom. The highest BCUT2D eigenvalue weighted by Crippen LogP contribution is 2.28. The van der Waals surface area contributed by atoms with Crippen LogP contribution in [0.2, 0.25) is 0 Å². The molecule has 0 spiro atoms. The molecular formula is C21H33BNO4. The van der Waals surface area contributed by atoms with Gasteiger partial charge in [-0.3, -0.25) is 4.90 Å². The van der Waals surface area contributed by atoms with Crippen molar-refractivity contribution < 1.29 is 18.9 Å². The molecule has 0 aromatic heterocycles. The summed E-state index contributed by atoms with van der Waals surface area (Å²) in [5.41, 5.74) is 0.200. The van der Waals surface area contributed by atoms with Crippen LogP contribution in [0.3, 0.4) is 0 Å². The molecule has 2 fully saturated rings. The quantitative estimate of drug-likeness (QED) is 0.654. The lowest BCUT2D eigenvalue weighted by Crippen LogP contribution is -2.52. The molecule has 0 atom stereocenters. The molecule has 0 amide bonds. The summed E-state index contributed by atoms with van der Waals surface area (Å²) in [6.07, 6.45) is 2.46. The third-order valence-corrected chi connectivity index (χ3v) is 6.25. The Kier molecular flexibility index (Phi) is 6.52. The van der Waals surface area contributed by atoms with Gasteiger partial charge in [0.1, 0.15) is 11.9 Å². The van der Waals surface area contributed by atoms with E-state index in [0.717, 1.165) is 50.4 Å². The van der Waals surface area contributed by atoms with Gasteiger partial charge in [-0.25, -0.2) is 0 Å². The van der Waals surface area contributed by atoms with E-state index in [0.29, 0.717) is 12.1 Å². The van der Waals surface area contributed by atoms with E-state index in [4.69, 9.17) is 18.9 Å². The van der Waals surface area contributed by atoms with Gasteiger partial charge in [-0.15, -0.1) is 0 Å². The second-order valence-corrected chi connectivity index (χ2v) is 8.57. The fourth-order valence-electron chi connectivity index (χ4n) is 3.21. The van der Waals surface area contributed by atoms with Crippen molar-refractivity contribution in [3.05, 3.63) is 24.3 Å². The highest BCUT2D eigenvalue weighted by atomic mass is 16.5. The molecule has 3 rings (SSSR count). The van der Waals surface area contributed by atoms with E-state index in [1.54, 1.807) is 14.6 Å². The van der Waals surface area contributed by atoms with Crippen molar-refractivity contribution in [3.8, 4) is 5.75 Å². The van der Waals surface area contributed by atoms with Crippen LogP contribution in [0.5, 0.6) is 5.75 Å². The molecule has 6 heteroatoms. The lowest BCUT2D eigenvalue weighted by Gasteiger charge is -2.41. The highest BCUT2D eigenvalue weighted by molar-refractivity contribution is 6.47. The maximum absolute atomic E-state index is 6.17. The predicted octanol–water partition coefficient (Wildman–Crippen LogP) is 2.39. The van der Waals surface area contributed by atoms with Crippen LogP contribution in [0.15, 0.2) is 24.3 Å². The second kappa shape index (κ2) is 8.52. The van der Waals surface area contributed by atoms with Gasteiger partial charge in [-0.1, -0.05) is 17.6 Å². The number of likely N-dealkylation sites (tertiary alicyclic amines) is 1. The Morgan fingerprint density at radius 1 is 1.00 bits per heavy atom. The number of hydrogen-bond donors (Lipinski definition) is 0. The zero-order chi connectivity index (χ0) is 19.5.